The van der Waals surface area contributed by atoms with E-state index in [0.717, 1.165) is 31.4 Å². The van der Waals surface area contributed by atoms with Gasteiger partial charge in [0.15, 0.2) is 0 Å². The predicted molar refractivity (Wildman–Crippen MR) is 44.6 cm³/mol. The normalized spacial score (nSPS) is 20.1. The fourth-order valence-corrected chi connectivity index (χ4v) is 1.71. The van der Waals surface area contributed by atoms with Crippen LogP contribution in [0.4, 0.5) is 0 Å². The van der Waals surface area contributed by atoms with E-state index in [0.29, 0.717) is 0 Å². The molecule has 1 aliphatic rings. The molecule has 0 aromatic carbocycles. The number of hydrogen-bond donors (Lipinski definition) is 1. The van der Waals surface area contributed by atoms with E-state index in [1.807, 2.05) is 10.9 Å². The maximum absolute atomic E-state index is 9.50. The molecule has 2 rings (SSSR count). The predicted octanol–water partition coefficient (Wildman–Crippen LogP) is 1.60. The summed E-state index contributed by atoms with van der Waals surface area (Å²) in [6, 6.07) is 0. The van der Waals surface area contributed by atoms with E-state index in [1.54, 1.807) is 11.3 Å². The third kappa shape index (κ3) is 1.79. The lowest BCUT2D eigenvalue weighted by molar-refractivity contribution is 0.140. The Labute approximate surface area is 69.9 Å². The zero-order valence-electron chi connectivity index (χ0n) is 6.29. The minimum Gasteiger partial charge on any atom is -0.390 e. The first-order valence-corrected chi connectivity index (χ1v) is 4.82. The summed E-state index contributed by atoms with van der Waals surface area (Å²) in [5, 5.41) is 11.6. The first kappa shape index (κ1) is 7.25. The lowest BCUT2D eigenvalue weighted by atomic mass is 10.1. The van der Waals surface area contributed by atoms with Gasteiger partial charge < -0.3 is 5.11 Å². The molecule has 2 nitrogen and oxygen atoms in total. The SMILES string of the molecule is OC1(CCc2cscn2)CC1. The zero-order chi connectivity index (χ0) is 7.73. The van der Waals surface area contributed by atoms with Crippen LogP contribution >= 0.6 is 11.3 Å². The molecule has 0 unspecified atom stereocenters. The minimum atomic E-state index is -0.316. The minimum absolute atomic E-state index is 0.316. The molecule has 1 aromatic rings. The van der Waals surface area contributed by atoms with Gasteiger partial charge >= 0.3 is 0 Å². The van der Waals surface area contributed by atoms with Crippen molar-refractivity contribution in [1.82, 2.24) is 4.98 Å². The second kappa shape index (κ2) is 2.57. The van der Waals surface area contributed by atoms with Crippen molar-refractivity contribution < 1.29 is 5.11 Å². The Bertz CT molecular complexity index is 228. The van der Waals surface area contributed by atoms with Crippen molar-refractivity contribution in [1.29, 1.82) is 0 Å². The maximum Gasteiger partial charge on any atom is 0.0794 e. The highest BCUT2D eigenvalue weighted by Gasteiger charge is 2.39. The maximum atomic E-state index is 9.50. The molecule has 0 radical (unpaired) electrons. The van der Waals surface area contributed by atoms with Crippen LogP contribution in [0.25, 0.3) is 0 Å². The fourth-order valence-electron chi connectivity index (χ4n) is 1.12. The highest BCUT2D eigenvalue weighted by molar-refractivity contribution is 7.07. The molecule has 0 atom stereocenters. The van der Waals surface area contributed by atoms with Crippen LogP contribution in [0.5, 0.6) is 0 Å². The highest BCUT2D eigenvalue weighted by atomic mass is 32.1. The number of thiazole rings is 1. The van der Waals surface area contributed by atoms with Crippen LogP contribution in [0.1, 0.15) is 25.0 Å². The number of rotatable bonds is 3. The monoisotopic (exact) mass is 169 g/mol. The Morgan fingerprint density at radius 2 is 2.45 bits per heavy atom. The molecular weight excluding hydrogens is 158 g/mol. The van der Waals surface area contributed by atoms with E-state index in [4.69, 9.17) is 0 Å². The summed E-state index contributed by atoms with van der Waals surface area (Å²) >= 11 is 1.62. The van der Waals surface area contributed by atoms with Gasteiger partial charge in [0, 0.05) is 5.38 Å². The Balaban J connectivity index is 1.83. The summed E-state index contributed by atoms with van der Waals surface area (Å²) in [4.78, 5) is 4.15. The zero-order valence-corrected chi connectivity index (χ0v) is 7.10. The van der Waals surface area contributed by atoms with Gasteiger partial charge in [-0.25, -0.2) is 4.98 Å². The van der Waals surface area contributed by atoms with Crippen LogP contribution in [0.3, 0.4) is 0 Å². The largest absolute Gasteiger partial charge is 0.390 e. The van der Waals surface area contributed by atoms with E-state index >= 15 is 0 Å². The number of aromatic nitrogens is 1. The van der Waals surface area contributed by atoms with Crippen molar-refractivity contribution in [3.63, 3.8) is 0 Å². The van der Waals surface area contributed by atoms with Gasteiger partial charge in [-0.05, 0) is 25.7 Å². The van der Waals surface area contributed by atoms with Crippen LogP contribution in [-0.4, -0.2) is 15.7 Å². The molecule has 0 saturated heterocycles. The number of aryl methyl sites for hydroxylation is 1. The van der Waals surface area contributed by atoms with E-state index in [1.165, 1.54) is 0 Å². The fraction of sp³-hybridized carbons (Fsp3) is 0.625. The lowest BCUT2D eigenvalue weighted by Crippen LogP contribution is -2.07. The molecule has 0 aliphatic heterocycles. The van der Waals surface area contributed by atoms with Crippen LogP contribution in [0, 0.1) is 0 Å². The molecule has 1 N–H and O–H groups in total. The third-order valence-corrected chi connectivity index (χ3v) is 2.79. The van der Waals surface area contributed by atoms with Gasteiger partial charge in [0.2, 0.25) is 0 Å². The van der Waals surface area contributed by atoms with Crippen LogP contribution < -0.4 is 0 Å². The second-order valence-corrected chi connectivity index (χ2v) is 3.92. The molecule has 0 spiro atoms. The summed E-state index contributed by atoms with van der Waals surface area (Å²) in [7, 11) is 0. The van der Waals surface area contributed by atoms with Gasteiger partial charge in [0.05, 0.1) is 16.8 Å². The molecule has 1 fully saturated rings. The van der Waals surface area contributed by atoms with Crippen molar-refractivity contribution in [2.24, 2.45) is 0 Å². The average molecular weight is 169 g/mol. The van der Waals surface area contributed by atoms with Gasteiger partial charge in [-0.15, -0.1) is 11.3 Å². The summed E-state index contributed by atoms with van der Waals surface area (Å²) in [5.41, 5.74) is 2.64. The molecule has 11 heavy (non-hydrogen) atoms. The summed E-state index contributed by atoms with van der Waals surface area (Å²) < 4.78 is 0. The first-order valence-electron chi connectivity index (χ1n) is 3.88. The molecule has 60 valence electrons. The Morgan fingerprint density at radius 1 is 1.64 bits per heavy atom. The molecule has 1 saturated carbocycles. The summed E-state index contributed by atoms with van der Waals surface area (Å²) in [6.07, 6.45) is 3.78. The van der Waals surface area contributed by atoms with Crippen molar-refractivity contribution >= 4 is 11.3 Å². The topological polar surface area (TPSA) is 33.1 Å². The van der Waals surface area contributed by atoms with Crippen molar-refractivity contribution in [2.75, 3.05) is 0 Å². The van der Waals surface area contributed by atoms with E-state index in [-0.39, 0.29) is 5.60 Å². The molecule has 3 heteroatoms. The Hall–Kier alpha value is -0.410. The number of aliphatic hydroxyl groups is 1. The van der Waals surface area contributed by atoms with E-state index < -0.39 is 0 Å². The lowest BCUT2D eigenvalue weighted by Gasteiger charge is -2.03. The molecule has 1 heterocycles. The van der Waals surface area contributed by atoms with E-state index in [9.17, 15) is 5.11 Å². The van der Waals surface area contributed by atoms with Gasteiger partial charge in [-0.3, -0.25) is 0 Å². The van der Waals surface area contributed by atoms with Crippen LogP contribution in [0.2, 0.25) is 0 Å². The highest BCUT2D eigenvalue weighted by Crippen LogP contribution is 2.39. The Morgan fingerprint density at radius 3 is 3.00 bits per heavy atom. The van der Waals surface area contributed by atoms with Gasteiger partial charge in [0.1, 0.15) is 0 Å². The average Bonchev–Trinajstić information content (AvgIpc) is 2.53. The number of hydrogen-bond acceptors (Lipinski definition) is 3. The molecule has 0 amide bonds. The van der Waals surface area contributed by atoms with Crippen LogP contribution in [-0.2, 0) is 6.42 Å². The van der Waals surface area contributed by atoms with Gasteiger partial charge in [-0.2, -0.15) is 0 Å². The van der Waals surface area contributed by atoms with Gasteiger partial charge in [0.25, 0.3) is 0 Å². The second-order valence-electron chi connectivity index (χ2n) is 3.20. The van der Waals surface area contributed by atoms with Crippen LogP contribution in [0.15, 0.2) is 10.9 Å². The van der Waals surface area contributed by atoms with Crippen molar-refractivity contribution in [2.45, 2.75) is 31.3 Å². The summed E-state index contributed by atoms with van der Waals surface area (Å²) in [5.74, 6) is 0. The van der Waals surface area contributed by atoms with E-state index in [2.05, 4.69) is 4.98 Å². The quantitative estimate of drug-likeness (QED) is 0.745. The molecular formula is C8H11NOS. The third-order valence-electron chi connectivity index (χ3n) is 2.16. The molecule has 1 aliphatic carbocycles. The molecule has 0 bridgehead atoms. The van der Waals surface area contributed by atoms with Gasteiger partial charge in [-0.1, -0.05) is 0 Å². The summed E-state index contributed by atoms with van der Waals surface area (Å²) in [6.45, 7) is 0. The Kier molecular flexibility index (Phi) is 1.69. The standard InChI is InChI=1S/C8H11NOS/c10-8(3-4-8)2-1-7-5-11-6-9-7/h5-6,10H,1-4H2. The smallest absolute Gasteiger partial charge is 0.0794 e. The molecule has 1 aromatic heterocycles. The van der Waals surface area contributed by atoms with Crippen molar-refractivity contribution in [3.8, 4) is 0 Å². The first-order chi connectivity index (χ1) is 5.29. The number of nitrogens with zero attached hydrogens (tertiary/aromatic N) is 1. The van der Waals surface area contributed by atoms with Crippen molar-refractivity contribution in [3.05, 3.63) is 16.6 Å².